The molecule has 146 valence electrons. The zero-order valence-electron chi connectivity index (χ0n) is 15.4. The van der Waals surface area contributed by atoms with Crippen LogP contribution in [0.15, 0.2) is 48.8 Å². The average Bonchev–Trinajstić information content (AvgIpc) is 3.13. The second-order valence-corrected chi connectivity index (χ2v) is 6.36. The maximum atomic E-state index is 14.2. The van der Waals surface area contributed by atoms with Gasteiger partial charge in [0.1, 0.15) is 17.2 Å². The highest BCUT2D eigenvalue weighted by atomic mass is 19.1. The summed E-state index contributed by atoms with van der Waals surface area (Å²) in [5, 5.41) is 14.5. The second-order valence-electron chi connectivity index (χ2n) is 6.36. The Morgan fingerprint density at radius 3 is 2.82 bits per heavy atom. The molecule has 0 aliphatic carbocycles. The van der Waals surface area contributed by atoms with Crippen LogP contribution in [0, 0.1) is 5.82 Å². The Labute approximate surface area is 161 Å². The zero-order chi connectivity index (χ0) is 20.1. The third kappa shape index (κ3) is 4.17. The van der Waals surface area contributed by atoms with Gasteiger partial charge in [-0.05, 0) is 36.8 Å². The number of nitrogens with zero attached hydrogens (tertiary/aromatic N) is 2. The van der Waals surface area contributed by atoms with E-state index in [0.717, 1.165) is 12.5 Å². The molecule has 2 heterocycles. The summed E-state index contributed by atoms with van der Waals surface area (Å²) >= 11 is 0. The molecule has 1 atom stereocenters. The van der Waals surface area contributed by atoms with Gasteiger partial charge in [0, 0.05) is 11.8 Å². The third-order valence-electron chi connectivity index (χ3n) is 4.32. The summed E-state index contributed by atoms with van der Waals surface area (Å²) in [7, 11) is 0. The first-order valence-electron chi connectivity index (χ1n) is 8.98. The molecule has 2 amide bonds. The topological polar surface area (TPSA) is 95.7 Å². The van der Waals surface area contributed by atoms with Crippen molar-refractivity contribution in [2.75, 3.05) is 11.9 Å². The van der Waals surface area contributed by atoms with E-state index in [1.165, 1.54) is 18.3 Å². The quantitative estimate of drug-likeness (QED) is 0.583. The van der Waals surface area contributed by atoms with Gasteiger partial charge in [0.2, 0.25) is 0 Å². The van der Waals surface area contributed by atoms with Crippen molar-refractivity contribution in [3.63, 3.8) is 0 Å². The second kappa shape index (κ2) is 8.62. The van der Waals surface area contributed by atoms with Crippen molar-refractivity contribution in [2.24, 2.45) is 0 Å². The van der Waals surface area contributed by atoms with Gasteiger partial charge in [0.25, 0.3) is 11.8 Å². The molecule has 28 heavy (non-hydrogen) atoms. The van der Waals surface area contributed by atoms with E-state index < -0.39 is 17.6 Å². The summed E-state index contributed by atoms with van der Waals surface area (Å²) in [6.07, 6.45) is 4.51. The lowest BCUT2D eigenvalue weighted by Crippen LogP contribution is -2.37. The minimum atomic E-state index is -0.661. The highest BCUT2D eigenvalue weighted by Gasteiger charge is 2.17. The molecule has 0 aliphatic rings. The average molecular weight is 384 g/mol. The lowest BCUT2D eigenvalue weighted by Gasteiger charge is -2.16. The Morgan fingerprint density at radius 2 is 2.07 bits per heavy atom. The Bertz CT molecular complexity index is 1000. The number of fused-ring (bicyclic) bond motifs is 1. The number of anilines is 1. The Balaban J connectivity index is 1.79. The molecular weight excluding hydrogens is 363 g/mol. The van der Waals surface area contributed by atoms with Crippen LogP contribution in [0.4, 0.5) is 10.1 Å². The van der Waals surface area contributed by atoms with E-state index in [-0.39, 0.29) is 29.6 Å². The Hall–Kier alpha value is -3.26. The van der Waals surface area contributed by atoms with E-state index in [1.807, 2.05) is 6.92 Å². The lowest BCUT2D eigenvalue weighted by atomic mass is 10.1. The molecule has 0 saturated heterocycles. The van der Waals surface area contributed by atoms with Crippen molar-refractivity contribution in [3.05, 3.63) is 65.9 Å². The number of aliphatic hydroxyl groups is 1. The third-order valence-corrected chi connectivity index (χ3v) is 4.32. The highest BCUT2D eigenvalue weighted by Crippen LogP contribution is 2.18. The number of imidazole rings is 1. The van der Waals surface area contributed by atoms with Gasteiger partial charge in [-0.15, -0.1) is 0 Å². The van der Waals surface area contributed by atoms with Gasteiger partial charge in [-0.3, -0.25) is 14.0 Å². The SMILES string of the molecule is CCC[C@@H](CO)NC(=O)c1ccc(F)c(NC(=O)c2cnc3ccccn23)c1. The minimum Gasteiger partial charge on any atom is -0.394 e. The molecule has 8 heteroatoms. The summed E-state index contributed by atoms with van der Waals surface area (Å²) in [5.74, 6) is -1.65. The zero-order valence-corrected chi connectivity index (χ0v) is 15.4. The number of pyridine rings is 1. The summed E-state index contributed by atoms with van der Waals surface area (Å²) in [4.78, 5) is 29.1. The van der Waals surface area contributed by atoms with E-state index in [2.05, 4.69) is 15.6 Å². The molecule has 0 radical (unpaired) electrons. The Morgan fingerprint density at radius 1 is 1.25 bits per heavy atom. The number of aromatic nitrogens is 2. The van der Waals surface area contributed by atoms with Gasteiger partial charge in [-0.2, -0.15) is 0 Å². The van der Waals surface area contributed by atoms with Crippen molar-refractivity contribution in [2.45, 2.75) is 25.8 Å². The summed E-state index contributed by atoms with van der Waals surface area (Å²) in [6.45, 7) is 1.76. The standard InChI is InChI=1S/C20H21FN4O3/c1-2-5-14(12-26)23-19(27)13-7-8-15(21)16(10-13)24-20(28)17-11-22-18-6-3-4-9-25(17)18/h3-4,6-11,14,26H,2,5,12H2,1H3,(H,23,27)(H,24,28)/t14-/m0/s1. The monoisotopic (exact) mass is 384 g/mol. The number of aliphatic hydroxyl groups excluding tert-OH is 1. The summed E-state index contributed by atoms with van der Waals surface area (Å²) in [5.41, 5.74) is 0.907. The van der Waals surface area contributed by atoms with Crippen molar-refractivity contribution < 1.29 is 19.1 Å². The number of rotatable bonds is 7. The fraction of sp³-hybridized carbons (Fsp3) is 0.250. The first kappa shape index (κ1) is 19.5. The maximum absolute atomic E-state index is 14.2. The van der Waals surface area contributed by atoms with Gasteiger partial charge < -0.3 is 15.7 Å². The van der Waals surface area contributed by atoms with Crippen LogP contribution in [0.1, 0.15) is 40.6 Å². The minimum absolute atomic E-state index is 0.112. The number of amides is 2. The van der Waals surface area contributed by atoms with Gasteiger partial charge in [-0.1, -0.05) is 19.4 Å². The summed E-state index contributed by atoms with van der Waals surface area (Å²) in [6, 6.07) is 8.64. The predicted octanol–water partition coefficient (Wildman–Crippen LogP) is 2.62. The highest BCUT2D eigenvalue weighted by molar-refractivity contribution is 6.04. The Kier molecular flexibility index (Phi) is 6.00. The van der Waals surface area contributed by atoms with Crippen molar-refractivity contribution in [1.82, 2.24) is 14.7 Å². The molecule has 0 spiro atoms. The number of halogens is 1. The van der Waals surface area contributed by atoms with E-state index in [0.29, 0.717) is 12.1 Å². The van der Waals surface area contributed by atoms with Crippen LogP contribution in [0.3, 0.4) is 0 Å². The molecule has 0 bridgehead atoms. The van der Waals surface area contributed by atoms with Gasteiger partial charge in [-0.25, -0.2) is 9.37 Å². The van der Waals surface area contributed by atoms with Crippen LogP contribution in [0.2, 0.25) is 0 Å². The molecule has 3 rings (SSSR count). The number of hydrogen-bond donors (Lipinski definition) is 3. The first-order valence-corrected chi connectivity index (χ1v) is 8.98. The van der Waals surface area contributed by atoms with Gasteiger partial charge in [0.15, 0.2) is 0 Å². The van der Waals surface area contributed by atoms with Crippen LogP contribution in [0.25, 0.3) is 5.65 Å². The van der Waals surface area contributed by atoms with Crippen LogP contribution in [-0.4, -0.2) is 39.0 Å². The van der Waals surface area contributed by atoms with Crippen molar-refractivity contribution in [1.29, 1.82) is 0 Å². The number of nitrogens with one attached hydrogen (secondary N) is 2. The molecule has 0 aliphatic heterocycles. The predicted molar refractivity (Wildman–Crippen MR) is 103 cm³/mol. The molecule has 1 aromatic carbocycles. The molecule has 3 aromatic rings. The molecule has 2 aromatic heterocycles. The summed E-state index contributed by atoms with van der Waals surface area (Å²) < 4.78 is 15.8. The van der Waals surface area contributed by atoms with Crippen LogP contribution < -0.4 is 10.6 Å². The number of benzene rings is 1. The van der Waals surface area contributed by atoms with E-state index in [1.54, 1.807) is 28.8 Å². The lowest BCUT2D eigenvalue weighted by molar-refractivity contribution is 0.0912. The van der Waals surface area contributed by atoms with E-state index in [9.17, 15) is 19.1 Å². The molecule has 0 saturated carbocycles. The van der Waals surface area contributed by atoms with E-state index >= 15 is 0 Å². The van der Waals surface area contributed by atoms with Gasteiger partial charge in [0.05, 0.1) is 24.5 Å². The van der Waals surface area contributed by atoms with Gasteiger partial charge >= 0.3 is 0 Å². The molecular formula is C20H21FN4O3. The molecule has 7 nitrogen and oxygen atoms in total. The molecule has 0 unspecified atom stereocenters. The number of carbonyl (C=O) groups is 2. The molecule has 3 N–H and O–H groups in total. The van der Waals surface area contributed by atoms with Crippen LogP contribution in [0.5, 0.6) is 0 Å². The largest absolute Gasteiger partial charge is 0.394 e. The maximum Gasteiger partial charge on any atom is 0.274 e. The fourth-order valence-corrected chi connectivity index (χ4v) is 2.88. The van der Waals surface area contributed by atoms with Crippen molar-refractivity contribution in [3.8, 4) is 0 Å². The van der Waals surface area contributed by atoms with E-state index in [4.69, 9.17) is 0 Å². The van der Waals surface area contributed by atoms with Crippen LogP contribution >= 0.6 is 0 Å². The normalized spacial score (nSPS) is 12.0. The smallest absolute Gasteiger partial charge is 0.274 e. The molecule has 0 fully saturated rings. The van der Waals surface area contributed by atoms with Crippen LogP contribution in [-0.2, 0) is 0 Å². The number of hydrogen-bond acceptors (Lipinski definition) is 4. The number of carbonyl (C=O) groups excluding carboxylic acids is 2. The first-order chi connectivity index (χ1) is 13.5. The van der Waals surface area contributed by atoms with Crippen molar-refractivity contribution >= 4 is 23.1 Å². The fourth-order valence-electron chi connectivity index (χ4n) is 2.88.